The standard InChI is InChI=1S/C27H23N5O2/c1-17-9-10-21(31-27(34)30-18-6-3-2-4-7-18)15-24(17)29-20-11-12-22-23(14-19-8-5-13-28-19)26(33)32-25(22)16-20/h2-16,28-29H,1H3,(H,32,33)(H2,30,31,34). The average molecular weight is 450 g/mol. The summed E-state index contributed by atoms with van der Waals surface area (Å²) in [6.07, 6.45) is 3.66. The molecule has 0 bridgehead atoms. The topological polar surface area (TPSA) is 98.0 Å². The number of aromatic nitrogens is 1. The number of carbonyl (C=O) groups excluding carboxylic acids is 2. The number of hydrogen-bond donors (Lipinski definition) is 5. The molecule has 5 N–H and O–H groups in total. The molecule has 34 heavy (non-hydrogen) atoms. The molecule has 5 rings (SSSR count). The van der Waals surface area contributed by atoms with Crippen LogP contribution in [0.5, 0.6) is 0 Å². The van der Waals surface area contributed by atoms with E-state index in [0.717, 1.165) is 39.6 Å². The fourth-order valence-electron chi connectivity index (χ4n) is 3.81. The molecule has 0 fully saturated rings. The highest BCUT2D eigenvalue weighted by Gasteiger charge is 2.24. The summed E-state index contributed by atoms with van der Waals surface area (Å²) in [4.78, 5) is 27.9. The highest BCUT2D eigenvalue weighted by atomic mass is 16.2. The normalized spacial score (nSPS) is 13.3. The Kier molecular flexibility index (Phi) is 5.58. The van der Waals surface area contributed by atoms with E-state index in [4.69, 9.17) is 0 Å². The van der Waals surface area contributed by atoms with Crippen LogP contribution in [0.4, 0.5) is 33.2 Å². The molecule has 3 amide bonds. The number of carbonyl (C=O) groups is 2. The summed E-state index contributed by atoms with van der Waals surface area (Å²) < 4.78 is 0. The van der Waals surface area contributed by atoms with Crippen molar-refractivity contribution in [2.24, 2.45) is 0 Å². The van der Waals surface area contributed by atoms with Gasteiger partial charge in [0.2, 0.25) is 0 Å². The molecule has 0 aliphatic carbocycles. The first-order chi connectivity index (χ1) is 16.5. The summed E-state index contributed by atoms with van der Waals surface area (Å²) in [6.45, 7) is 1.99. The van der Waals surface area contributed by atoms with E-state index in [9.17, 15) is 9.59 Å². The zero-order valence-electron chi connectivity index (χ0n) is 18.5. The number of H-pyrrole nitrogens is 1. The zero-order valence-corrected chi connectivity index (χ0v) is 18.5. The Morgan fingerprint density at radius 2 is 1.65 bits per heavy atom. The lowest BCUT2D eigenvalue weighted by molar-refractivity contribution is -0.110. The van der Waals surface area contributed by atoms with Crippen LogP contribution >= 0.6 is 0 Å². The van der Waals surface area contributed by atoms with Gasteiger partial charge in [-0.15, -0.1) is 0 Å². The van der Waals surface area contributed by atoms with Gasteiger partial charge in [-0.05, 0) is 67.1 Å². The van der Waals surface area contributed by atoms with Crippen LogP contribution in [-0.2, 0) is 4.79 Å². The van der Waals surface area contributed by atoms with E-state index < -0.39 is 0 Å². The summed E-state index contributed by atoms with van der Waals surface area (Å²) in [5, 5.41) is 12.0. The van der Waals surface area contributed by atoms with E-state index in [1.807, 2.05) is 98.1 Å². The van der Waals surface area contributed by atoms with E-state index in [1.54, 1.807) is 0 Å². The SMILES string of the molecule is Cc1ccc(NC(=O)Nc2ccccc2)cc1Nc1ccc2c(c1)NC(=O)C2=Cc1ccc[nH]1. The van der Waals surface area contributed by atoms with Crippen LogP contribution in [0.25, 0.3) is 11.6 Å². The van der Waals surface area contributed by atoms with Gasteiger partial charge in [0.1, 0.15) is 0 Å². The number of amides is 3. The van der Waals surface area contributed by atoms with Gasteiger partial charge in [-0.2, -0.15) is 0 Å². The third-order valence-corrected chi connectivity index (χ3v) is 5.53. The summed E-state index contributed by atoms with van der Waals surface area (Å²) >= 11 is 0. The van der Waals surface area contributed by atoms with E-state index in [2.05, 4.69) is 26.3 Å². The number of hydrogen-bond acceptors (Lipinski definition) is 3. The molecule has 0 atom stereocenters. The third-order valence-electron chi connectivity index (χ3n) is 5.53. The Balaban J connectivity index is 1.32. The van der Waals surface area contributed by atoms with Crippen LogP contribution in [-0.4, -0.2) is 16.9 Å². The van der Waals surface area contributed by atoms with E-state index >= 15 is 0 Å². The number of nitrogens with one attached hydrogen (secondary N) is 5. The first-order valence-corrected chi connectivity index (χ1v) is 10.9. The van der Waals surface area contributed by atoms with Gasteiger partial charge in [0.25, 0.3) is 5.91 Å². The van der Waals surface area contributed by atoms with Crippen molar-refractivity contribution in [3.05, 3.63) is 102 Å². The van der Waals surface area contributed by atoms with Crippen LogP contribution in [0.3, 0.4) is 0 Å². The minimum atomic E-state index is -0.317. The second-order valence-corrected chi connectivity index (χ2v) is 8.00. The van der Waals surface area contributed by atoms with Gasteiger partial charge < -0.3 is 26.3 Å². The number of fused-ring (bicyclic) bond motifs is 1. The van der Waals surface area contributed by atoms with Crippen molar-refractivity contribution < 1.29 is 9.59 Å². The number of benzene rings is 3. The van der Waals surface area contributed by atoms with E-state index in [1.165, 1.54) is 0 Å². The zero-order chi connectivity index (χ0) is 23.5. The third kappa shape index (κ3) is 4.54. The summed E-state index contributed by atoms with van der Waals surface area (Å²) in [5.74, 6) is -0.131. The number of rotatable bonds is 5. The predicted molar refractivity (Wildman–Crippen MR) is 137 cm³/mol. The number of urea groups is 1. The quantitative estimate of drug-likeness (QED) is 0.235. The highest BCUT2D eigenvalue weighted by Crippen LogP contribution is 2.36. The van der Waals surface area contributed by atoms with Gasteiger partial charge in [-0.1, -0.05) is 30.3 Å². The van der Waals surface area contributed by atoms with Gasteiger partial charge in [-0.3, -0.25) is 4.79 Å². The predicted octanol–water partition coefficient (Wildman–Crippen LogP) is 6.20. The smallest absolute Gasteiger partial charge is 0.323 e. The minimum Gasteiger partial charge on any atom is -0.362 e. The van der Waals surface area contributed by atoms with Gasteiger partial charge in [-0.25, -0.2) is 4.79 Å². The number of para-hydroxylation sites is 1. The molecule has 2 heterocycles. The van der Waals surface area contributed by atoms with E-state index in [0.29, 0.717) is 11.3 Å². The van der Waals surface area contributed by atoms with E-state index in [-0.39, 0.29) is 11.9 Å². The van der Waals surface area contributed by atoms with Crippen molar-refractivity contribution in [3.63, 3.8) is 0 Å². The van der Waals surface area contributed by atoms with Crippen LogP contribution < -0.4 is 21.3 Å². The lowest BCUT2D eigenvalue weighted by Crippen LogP contribution is -2.19. The Morgan fingerprint density at radius 3 is 2.44 bits per heavy atom. The number of anilines is 5. The van der Waals surface area contributed by atoms with Crippen molar-refractivity contribution in [1.82, 2.24) is 4.98 Å². The van der Waals surface area contributed by atoms with Gasteiger partial charge in [0.05, 0.1) is 11.3 Å². The summed E-state index contributed by atoms with van der Waals surface area (Å²) in [5.41, 5.74) is 7.18. The van der Waals surface area contributed by atoms with Crippen molar-refractivity contribution in [3.8, 4) is 0 Å². The number of aromatic amines is 1. The maximum atomic E-state index is 12.5. The monoisotopic (exact) mass is 449 g/mol. The molecule has 0 unspecified atom stereocenters. The van der Waals surface area contributed by atoms with Crippen molar-refractivity contribution in [1.29, 1.82) is 0 Å². The molecule has 4 aromatic rings. The molecule has 0 saturated heterocycles. The fourth-order valence-corrected chi connectivity index (χ4v) is 3.81. The van der Waals surface area contributed by atoms with Crippen molar-refractivity contribution in [2.75, 3.05) is 21.3 Å². The molecule has 1 aliphatic heterocycles. The Bertz CT molecular complexity index is 1390. The van der Waals surface area contributed by atoms with Gasteiger partial charge in [0, 0.05) is 40.2 Å². The second kappa shape index (κ2) is 8.99. The maximum Gasteiger partial charge on any atom is 0.323 e. The minimum absolute atomic E-state index is 0.131. The van der Waals surface area contributed by atoms with Crippen molar-refractivity contribution in [2.45, 2.75) is 6.92 Å². The Labute approximate surface area is 196 Å². The lowest BCUT2D eigenvalue weighted by atomic mass is 10.1. The fraction of sp³-hybridized carbons (Fsp3) is 0.0370. The lowest BCUT2D eigenvalue weighted by Gasteiger charge is -2.14. The van der Waals surface area contributed by atoms with Crippen molar-refractivity contribution >= 4 is 52.0 Å². The van der Waals surface area contributed by atoms with Gasteiger partial charge in [0.15, 0.2) is 0 Å². The molecule has 0 saturated carbocycles. The molecule has 7 nitrogen and oxygen atoms in total. The highest BCUT2D eigenvalue weighted by molar-refractivity contribution is 6.35. The summed E-state index contributed by atoms with van der Waals surface area (Å²) in [7, 11) is 0. The average Bonchev–Trinajstić information content (AvgIpc) is 3.44. The summed E-state index contributed by atoms with van der Waals surface area (Å²) in [6, 6.07) is 24.2. The molecule has 3 aromatic carbocycles. The molecule has 168 valence electrons. The first kappa shape index (κ1) is 21.1. The van der Waals surface area contributed by atoms with Crippen LogP contribution in [0, 0.1) is 6.92 Å². The Morgan fingerprint density at radius 1 is 0.853 bits per heavy atom. The molecule has 7 heteroatoms. The second-order valence-electron chi connectivity index (χ2n) is 8.00. The largest absolute Gasteiger partial charge is 0.362 e. The first-order valence-electron chi connectivity index (χ1n) is 10.9. The van der Waals surface area contributed by atoms with Crippen LogP contribution in [0.15, 0.2) is 85.1 Å². The van der Waals surface area contributed by atoms with Crippen LogP contribution in [0.1, 0.15) is 16.8 Å². The number of aryl methyl sites for hydroxylation is 1. The molecule has 0 spiro atoms. The van der Waals surface area contributed by atoms with Crippen LogP contribution in [0.2, 0.25) is 0 Å². The maximum absolute atomic E-state index is 12.5. The molecular weight excluding hydrogens is 426 g/mol. The molecular formula is C27H23N5O2. The molecule has 1 aromatic heterocycles. The van der Waals surface area contributed by atoms with Gasteiger partial charge >= 0.3 is 6.03 Å². The molecule has 0 radical (unpaired) electrons. The molecule has 1 aliphatic rings. The Hall–Kier alpha value is -4.78.